The van der Waals surface area contributed by atoms with Crippen molar-refractivity contribution in [2.75, 3.05) is 78.0 Å². The van der Waals surface area contributed by atoms with Crippen molar-refractivity contribution in [2.24, 2.45) is 0 Å². The molecule has 238 valence electrons. The van der Waals surface area contributed by atoms with Gasteiger partial charge in [-0.2, -0.15) is 0 Å². The molecule has 1 fully saturated rings. The lowest BCUT2D eigenvalue weighted by Gasteiger charge is -2.27. The highest BCUT2D eigenvalue weighted by Crippen LogP contribution is 2.32. The first-order valence-corrected chi connectivity index (χ1v) is 14.6. The van der Waals surface area contributed by atoms with E-state index in [9.17, 15) is 24.0 Å². The third-order valence-electron chi connectivity index (χ3n) is 6.66. The lowest BCUT2D eigenvalue weighted by Crippen LogP contribution is -2.54. The van der Waals surface area contributed by atoms with Gasteiger partial charge in [-0.15, -0.1) is 0 Å². The molecule has 0 radical (unpaired) electrons. The maximum Gasteiger partial charge on any atom is 0.264 e. The topological polar surface area (TPSA) is 179 Å². The monoisotopic (exact) mass is 607 g/mol. The van der Waals surface area contributed by atoms with Gasteiger partial charge in [0, 0.05) is 19.4 Å². The van der Waals surface area contributed by atoms with Crippen LogP contribution in [0.1, 0.15) is 59.2 Å². The molecule has 3 rings (SSSR count). The van der Waals surface area contributed by atoms with Gasteiger partial charge in [0.25, 0.3) is 11.8 Å². The normalized spacial score (nSPS) is 16.5. The second-order valence-corrected chi connectivity index (χ2v) is 9.82. The van der Waals surface area contributed by atoms with E-state index in [-0.39, 0.29) is 48.6 Å². The summed E-state index contributed by atoms with van der Waals surface area (Å²) >= 11 is 0. The van der Waals surface area contributed by atoms with Gasteiger partial charge in [0.05, 0.1) is 82.9 Å². The quantitative estimate of drug-likeness (QED) is 0.125. The Morgan fingerprint density at radius 2 is 1.42 bits per heavy atom. The summed E-state index contributed by atoms with van der Waals surface area (Å²) in [4.78, 5) is 63.2. The predicted molar refractivity (Wildman–Crippen MR) is 151 cm³/mol. The Bertz CT molecular complexity index is 1100. The number of rotatable bonds is 22. The van der Waals surface area contributed by atoms with Crippen LogP contribution < -0.4 is 10.6 Å². The van der Waals surface area contributed by atoms with Crippen LogP contribution in [-0.2, 0) is 38.1 Å². The van der Waals surface area contributed by atoms with Crippen LogP contribution in [-0.4, -0.2) is 118 Å². The Balaban J connectivity index is 1.22. The summed E-state index contributed by atoms with van der Waals surface area (Å²) in [5.41, 5.74) is 0.389. The number of carbonyl (C=O) groups excluding carboxylic acids is 5. The number of nitrogens with one attached hydrogen (secondary N) is 2. The molecular weight excluding hydrogens is 566 g/mol. The Morgan fingerprint density at radius 3 is 2.02 bits per heavy atom. The van der Waals surface area contributed by atoms with Crippen LogP contribution in [0.15, 0.2) is 18.2 Å². The second kappa shape index (κ2) is 19.1. The number of anilines is 1. The van der Waals surface area contributed by atoms with Crippen LogP contribution in [0.3, 0.4) is 0 Å². The van der Waals surface area contributed by atoms with Gasteiger partial charge in [-0.1, -0.05) is 12.5 Å². The van der Waals surface area contributed by atoms with E-state index in [4.69, 9.17) is 28.8 Å². The van der Waals surface area contributed by atoms with Crippen LogP contribution in [0.25, 0.3) is 0 Å². The summed E-state index contributed by atoms with van der Waals surface area (Å²) in [5, 5.41) is 13.5. The summed E-state index contributed by atoms with van der Waals surface area (Å²) in [6.45, 7) is 4.51. The molecule has 1 aromatic rings. The average molecular weight is 608 g/mol. The zero-order valence-corrected chi connectivity index (χ0v) is 24.3. The molecule has 3 N–H and O–H groups in total. The van der Waals surface area contributed by atoms with Gasteiger partial charge in [-0.3, -0.25) is 34.2 Å². The van der Waals surface area contributed by atoms with Crippen molar-refractivity contribution < 1.29 is 52.8 Å². The first-order chi connectivity index (χ1) is 20.9. The molecule has 2 heterocycles. The number of ether oxygens (including phenoxy) is 5. The second-order valence-electron chi connectivity index (χ2n) is 9.82. The predicted octanol–water partition coefficient (Wildman–Crippen LogP) is 0.662. The number of benzene rings is 1. The third kappa shape index (κ3) is 11.1. The largest absolute Gasteiger partial charge is 0.394 e. The molecule has 43 heavy (non-hydrogen) atoms. The van der Waals surface area contributed by atoms with Crippen LogP contribution >= 0.6 is 0 Å². The third-order valence-corrected chi connectivity index (χ3v) is 6.66. The minimum atomic E-state index is -1.07. The van der Waals surface area contributed by atoms with Gasteiger partial charge in [-0.05, 0) is 31.4 Å². The van der Waals surface area contributed by atoms with E-state index in [0.717, 1.165) is 17.7 Å². The summed E-state index contributed by atoms with van der Waals surface area (Å²) in [6, 6.07) is 3.53. The molecule has 1 saturated heterocycles. The zero-order chi connectivity index (χ0) is 30.9. The summed E-state index contributed by atoms with van der Waals surface area (Å²) in [5.74, 6) is -2.70. The maximum atomic E-state index is 13.1. The molecule has 2 aliphatic heterocycles. The number of piperidine rings is 1. The fourth-order valence-electron chi connectivity index (χ4n) is 4.54. The van der Waals surface area contributed by atoms with E-state index in [2.05, 4.69) is 10.6 Å². The highest BCUT2D eigenvalue weighted by atomic mass is 16.6. The maximum absolute atomic E-state index is 13.1. The molecule has 14 heteroatoms. The molecule has 0 saturated carbocycles. The van der Waals surface area contributed by atoms with Crippen LogP contribution in [0, 0.1) is 0 Å². The molecule has 0 aliphatic carbocycles. The van der Waals surface area contributed by atoms with Gasteiger partial charge in [0.15, 0.2) is 0 Å². The number of hydrogen-bond donors (Lipinski definition) is 3. The number of nitrogens with zero attached hydrogens (tertiary/aromatic N) is 1. The number of carbonyl (C=O) groups is 5. The lowest BCUT2D eigenvalue weighted by molar-refractivity contribution is -0.136. The molecule has 2 aliphatic rings. The van der Waals surface area contributed by atoms with Gasteiger partial charge >= 0.3 is 0 Å². The molecule has 0 aromatic heterocycles. The number of amides is 5. The Kier molecular flexibility index (Phi) is 15.2. The lowest BCUT2D eigenvalue weighted by atomic mass is 10.0. The molecule has 0 bridgehead atoms. The summed E-state index contributed by atoms with van der Waals surface area (Å²) in [7, 11) is 0. The first kappa shape index (κ1) is 34.2. The number of imide groups is 2. The van der Waals surface area contributed by atoms with Gasteiger partial charge < -0.3 is 34.1 Å². The molecule has 1 unspecified atom stereocenters. The minimum Gasteiger partial charge on any atom is -0.394 e. The van der Waals surface area contributed by atoms with Crippen molar-refractivity contribution in [3.8, 4) is 0 Å². The van der Waals surface area contributed by atoms with Crippen LogP contribution in [0.4, 0.5) is 5.69 Å². The molecule has 1 aromatic carbocycles. The molecule has 0 spiro atoms. The Labute approximate surface area is 250 Å². The average Bonchev–Trinajstić information content (AvgIpc) is 3.24. The van der Waals surface area contributed by atoms with E-state index in [0.29, 0.717) is 72.5 Å². The summed E-state index contributed by atoms with van der Waals surface area (Å²) < 4.78 is 26.8. The van der Waals surface area contributed by atoms with Crippen LogP contribution in [0.5, 0.6) is 0 Å². The highest BCUT2D eigenvalue weighted by Gasteiger charge is 2.45. The van der Waals surface area contributed by atoms with Crippen molar-refractivity contribution in [3.05, 3.63) is 29.3 Å². The van der Waals surface area contributed by atoms with E-state index in [1.165, 1.54) is 6.07 Å². The minimum absolute atomic E-state index is 0.00211. The van der Waals surface area contributed by atoms with Crippen molar-refractivity contribution in [2.45, 2.75) is 44.6 Å². The molecular formula is C29H41N3O11. The Morgan fingerprint density at radius 1 is 0.814 bits per heavy atom. The summed E-state index contributed by atoms with van der Waals surface area (Å²) in [6.07, 6.45) is 2.48. The number of aliphatic hydroxyl groups is 1. The van der Waals surface area contributed by atoms with Gasteiger partial charge in [-0.25, -0.2) is 0 Å². The number of unbranched alkanes of at least 4 members (excludes halogenated alkanes) is 2. The van der Waals surface area contributed by atoms with Crippen molar-refractivity contribution in [3.63, 3.8) is 0 Å². The molecule has 14 nitrogen and oxygen atoms in total. The fourth-order valence-corrected chi connectivity index (χ4v) is 4.54. The van der Waals surface area contributed by atoms with Crippen molar-refractivity contribution in [1.82, 2.24) is 10.2 Å². The number of fused-ring (bicyclic) bond motifs is 1. The van der Waals surface area contributed by atoms with E-state index >= 15 is 0 Å². The zero-order valence-electron chi connectivity index (χ0n) is 24.3. The van der Waals surface area contributed by atoms with E-state index in [1.54, 1.807) is 12.1 Å². The first-order valence-electron chi connectivity index (χ1n) is 14.6. The molecule has 1 atom stereocenters. The van der Waals surface area contributed by atoms with Gasteiger partial charge in [0.1, 0.15) is 6.04 Å². The van der Waals surface area contributed by atoms with Crippen molar-refractivity contribution in [1.29, 1.82) is 0 Å². The smallest absolute Gasteiger partial charge is 0.264 e. The van der Waals surface area contributed by atoms with E-state index < -0.39 is 29.7 Å². The van der Waals surface area contributed by atoms with Crippen molar-refractivity contribution >= 4 is 35.2 Å². The Hall–Kier alpha value is -3.27. The standard InChI is InChI=1S/C29H41N3O11/c33-10-12-40-14-16-42-18-20-43-19-17-41-15-13-39-11-3-1-2-7-24(34)30-22-6-4-5-21-26(22)29(38)32(28(21)37)23-8-9-25(35)31-27(23)36/h4-6,23,33H,1-3,7-20H2,(H,30,34)(H,31,35,36). The van der Waals surface area contributed by atoms with Gasteiger partial charge in [0.2, 0.25) is 17.7 Å². The SMILES string of the molecule is O=C1CCC(N2C(=O)c3cccc(NC(=O)CCCCCOCCOCCOCCOCCOCCO)c3C2=O)C(=O)N1. The van der Waals surface area contributed by atoms with Crippen LogP contribution in [0.2, 0.25) is 0 Å². The molecule has 5 amide bonds. The number of hydrogen-bond acceptors (Lipinski definition) is 11. The number of aliphatic hydroxyl groups excluding tert-OH is 1. The van der Waals surface area contributed by atoms with E-state index in [1.807, 2.05) is 0 Å². The fraction of sp³-hybridized carbons (Fsp3) is 0.621. The highest BCUT2D eigenvalue weighted by molar-refractivity contribution is 6.26.